The Morgan fingerprint density at radius 2 is 2.08 bits per heavy atom. The number of aromatic nitrogens is 2. The SMILES string of the molecule is CCCc1nc2c(c(=O)[nH]1)CN(Cc1cc(C(F)(F)F)ccc1F)CC2. The van der Waals surface area contributed by atoms with Crippen LogP contribution in [0.15, 0.2) is 23.0 Å². The van der Waals surface area contributed by atoms with Crippen LogP contribution in [0.25, 0.3) is 0 Å². The van der Waals surface area contributed by atoms with E-state index >= 15 is 0 Å². The zero-order valence-electron chi connectivity index (χ0n) is 14.3. The monoisotopic (exact) mass is 369 g/mol. The van der Waals surface area contributed by atoms with Crippen molar-refractivity contribution in [2.24, 2.45) is 0 Å². The first-order valence-corrected chi connectivity index (χ1v) is 8.47. The molecule has 1 aliphatic rings. The van der Waals surface area contributed by atoms with Crippen LogP contribution in [-0.4, -0.2) is 21.4 Å². The summed E-state index contributed by atoms with van der Waals surface area (Å²) in [5.74, 6) is -0.0391. The van der Waals surface area contributed by atoms with E-state index in [9.17, 15) is 22.4 Å². The van der Waals surface area contributed by atoms with E-state index in [-0.39, 0.29) is 24.2 Å². The van der Waals surface area contributed by atoms with Gasteiger partial charge in [-0.25, -0.2) is 9.37 Å². The van der Waals surface area contributed by atoms with Gasteiger partial charge in [-0.2, -0.15) is 13.2 Å². The maximum absolute atomic E-state index is 14.0. The van der Waals surface area contributed by atoms with E-state index in [1.165, 1.54) is 0 Å². The average molecular weight is 369 g/mol. The molecule has 0 fully saturated rings. The molecule has 0 bridgehead atoms. The zero-order valence-corrected chi connectivity index (χ0v) is 14.3. The van der Waals surface area contributed by atoms with Gasteiger partial charge in [-0.05, 0) is 24.6 Å². The van der Waals surface area contributed by atoms with E-state index in [0.717, 1.165) is 30.3 Å². The Bertz CT molecular complexity index is 860. The Morgan fingerprint density at radius 3 is 2.77 bits per heavy atom. The van der Waals surface area contributed by atoms with Crippen LogP contribution in [0.5, 0.6) is 0 Å². The number of aryl methyl sites for hydroxylation is 1. The molecule has 1 aromatic heterocycles. The fourth-order valence-corrected chi connectivity index (χ4v) is 3.14. The second-order valence-electron chi connectivity index (χ2n) is 6.45. The number of aromatic amines is 1. The summed E-state index contributed by atoms with van der Waals surface area (Å²) < 4.78 is 52.5. The molecule has 0 saturated heterocycles. The summed E-state index contributed by atoms with van der Waals surface area (Å²) in [4.78, 5) is 21.2. The number of nitrogens with one attached hydrogen (secondary N) is 1. The summed E-state index contributed by atoms with van der Waals surface area (Å²) >= 11 is 0. The second-order valence-corrected chi connectivity index (χ2v) is 6.45. The minimum Gasteiger partial charge on any atom is -0.310 e. The number of hydrogen-bond donors (Lipinski definition) is 1. The van der Waals surface area contributed by atoms with Crippen molar-refractivity contribution in [2.75, 3.05) is 6.54 Å². The van der Waals surface area contributed by atoms with Gasteiger partial charge in [-0.1, -0.05) is 6.92 Å². The maximum atomic E-state index is 14.0. The highest BCUT2D eigenvalue weighted by molar-refractivity contribution is 5.28. The molecule has 1 aromatic carbocycles. The second kappa shape index (κ2) is 7.19. The molecule has 1 aliphatic heterocycles. The molecule has 0 saturated carbocycles. The quantitative estimate of drug-likeness (QED) is 0.840. The topological polar surface area (TPSA) is 49.0 Å². The summed E-state index contributed by atoms with van der Waals surface area (Å²) in [6.07, 6.45) is -2.46. The molecule has 1 N–H and O–H groups in total. The van der Waals surface area contributed by atoms with Crippen molar-refractivity contribution in [3.63, 3.8) is 0 Å². The highest BCUT2D eigenvalue weighted by Crippen LogP contribution is 2.31. The van der Waals surface area contributed by atoms with E-state index in [1.807, 2.05) is 6.92 Å². The third kappa shape index (κ3) is 3.95. The predicted octanol–water partition coefficient (Wildman–Crippen LogP) is 3.44. The first-order chi connectivity index (χ1) is 12.3. The van der Waals surface area contributed by atoms with Gasteiger partial charge in [0.2, 0.25) is 0 Å². The molecule has 4 nitrogen and oxygen atoms in total. The molecule has 26 heavy (non-hydrogen) atoms. The van der Waals surface area contributed by atoms with Crippen molar-refractivity contribution in [1.29, 1.82) is 0 Å². The van der Waals surface area contributed by atoms with Crippen LogP contribution in [0.1, 0.15) is 41.6 Å². The van der Waals surface area contributed by atoms with Crippen LogP contribution >= 0.6 is 0 Å². The average Bonchev–Trinajstić information content (AvgIpc) is 2.57. The lowest BCUT2D eigenvalue weighted by Gasteiger charge is -2.28. The van der Waals surface area contributed by atoms with E-state index in [0.29, 0.717) is 30.8 Å². The van der Waals surface area contributed by atoms with E-state index in [1.54, 1.807) is 4.90 Å². The van der Waals surface area contributed by atoms with Crippen LogP contribution < -0.4 is 5.56 Å². The summed E-state index contributed by atoms with van der Waals surface area (Å²) in [6.45, 7) is 2.74. The summed E-state index contributed by atoms with van der Waals surface area (Å²) in [5.41, 5.74) is 0.0828. The van der Waals surface area contributed by atoms with Crippen LogP contribution in [0.2, 0.25) is 0 Å². The molecule has 2 aromatic rings. The highest BCUT2D eigenvalue weighted by atomic mass is 19.4. The number of H-pyrrole nitrogens is 1. The Balaban J connectivity index is 1.81. The number of rotatable bonds is 4. The van der Waals surface area contributed by atoms with Crippen LogP contribution in [0.3, 0.4) is 0 Å². The predicted molar refractivity (Wildman–Crippen MR) is 88.1 cm³/mol. The maximum Gasteiger partial charge on any atom is 0.416 e. The van der Waals surface area contributed by atoms with Crippen molar-refractivity contribution >= 4 is 0 Å². The van der Waals surface area contributed by atoms with Gasteiger partial charge >= 0.3 is 6.18 Å². The first kappa shape index (κ1) is 18.6. The minimum atomic E-state index is -4.52. The van der Waals surface area contributed by atoms with E-state index in [4.69, 9.17) is 0 Å². The summed E-state index contributed by atoms with van der Waals surface area (Å²) in [7, 11) is 0. The molecule has 0 unspecified atom stereocenters. The zero-order chi connectivity index (χ0) is 18.9. The molecule has 140 valence electrons. The van der Waals surface area contributed by atoms with Crippen molar-refractivity contribution in [3.8, 4) is 0 Å². The van der Waals surface area contributed by atoms with Gasteiger partial charge in [0.05, 0.1) is 16.8 Å². The number of halogens is 4. The summed E-state index contributed by atoms with van der Waals surface area (Å²) in [5, 5.41) is 0. The molecule has 0 spiro atoms. The molecule has 3 rings (SSSR count). The van der Waals surface area contributed by atoms with Crippen LogP contribution in [-0.2, 0) is 32.1 Å². The third-order valence-electron chi connectivity index (χ3n) is 4.45. The normalized spacial score (nSPS) is 15.1. The van der Waals surface area contributed by atoms with E-state index < -0.39 is 17.6 Å². The lowest BCUT2D eigenvalue weighted by molar-refractivity contribution is -0.137. The first-order valence-electron chi connectivity index (χ1n) is 8.47. The number of alkyl halides is 3. The van der Waals surface area contributed by atoms with Crippen molar-refractivity contribution < 1.29 is 17.6 Å². The lowest BCUT2D eigenvalue weighted by atomic mass is 10.0. The number of fused-ring (bicyclic) bond motifs is 1. The molecular formula is C18H19F4N3O. The van der Waals surface area contributed by atoms with Gasteiger partial charge in [0.15, 0.2) is 0 Å². The fourth-order valence-electron chi connectivity index (χ4n) is 3.14. The molecular weight excluding hydrogens is 350 g/mol. The number of nitrogens with zero attached hydrogens (tertiary/aromatic N) is 2. The Labute approximate surface area is 147 Å². The highest BCUT2D eigenvalue weighted by Gasteiger charge is 2.31. The standard InChI is InChI=1S/C18H19F4N3O/c1-2-3-16-23-15-6-7-25(10-13(15)17(26)24-16)9-11-8-12(18(20,21)22)4-5-14(11)19/h4-5,8H,2-3,6-7,9-10H2,1H3,(H,23,24,26). The summed E-state index contributed by atoms with van der Waals surface area (Å²) in [6, 6.07) is 2.40. The van der Waals surface area contributed by atoms with Gasteiger partial charge in [0.1, 0.15) is 11.6 Å². The van der Waals surface area contributed by atoms with Gasteiger partial charge in [-0.15, -0.1) is 0 Å². The minimum absolute atomic E-state index is 0.00530. The van der Waals surface area contributed by atoms with Gasteiger partial charge < -0.3 is 4.98 Å². The van der Waals surface area contributed by atoms with Crippen LogP contribution in [0.4, 0.5) is 17.6 Å². The van der Waals surface area contributed by atoms with Gasteiger partial charge in [-0.3, -0.25) is 9.69 Å². The molecule has 8 heteroatoms. The van der Waals surface area contributed by atoms with Gasteiger partial charge in [0.25, 0.3) is 5.56 Å². The van der Waals surface area contributed by atoms with Crippen molar-refractivity contribution in [3.05, 3.63) is 62.6 Å². The van der Waals surface area contributed by atoms with Crippen molar-refractivity contribution in [1.82, 2.24) is 14.9 Å². The Kier molecular flexibility index (Phi) is 5.13. The van der Waals surface area contributed by atoms with Gasteiger partial charge in [0, 0.05) is 38.0 Å². The van der Waals surface area contributed by atoms with Crippen molar-refractivity contribution in [2.45, 2.75) is 45.5 Å². The number of hydrogen-bond acceptors (Lipinski definition) is 3. The molecule has 2 heterocycles. The Hall–Kier alpha value is -2.22. The van der Waals surface area contributed by atoms with E-state index in [2.05, 4.69) is 9.97 Å². The third-order valence-corrected chi connectivity index (χ3v) is 4.45. The fraction of sp³-hybridized carbons (Fsp3) is 0.444. The Morgan fingerprint density at radius 1 is 1.31 bits per heavy atom. The van der Waals surface area contributed by atoms with Crippen LogP contribution in [0, 0.1) is 5.82 Å². The molecule has 0 amide bonds. The molecule has 0 atom stereocenters. The largest absolute Gasteiger partial charge is 0.416 e. The number of benzene rings is 1. The molecule has 0 radical (unpaired) electrons. The smallest absolute Gasteiger partial charge is 0.310 e. The molecule has 0 aliphatic carbocycles. The lowest BCUT2D eigenvalue weighted by Crippen LogP contribution is -2.36.